The summed E-state index contributed by atoms with van der Waals surface area (Å²) in [6.45, 7) is -0.339. The van der Waals surface area contributed by atoms with Gasteiger partial charge in [0.05, 0.1) is 31.5 Å². The Kier molecular flexibility index (Phi) is 7.88. The Morgan fingerprint density at radius 2 is 1.75 bits per heavy atom. The van der Waals surface area contributed by atoms with E-state index in [1.54, 1.807) is 30.3 Å². The number of benzene rings is 2. The van der Waals surface area contributed by atoms with Crippen molar-refractivity contribution < 1.29 is 19.1 Å². The molecule has 0 saturated heterocycles. The van der Waals surface area contributed by atoms with E-state index in [4.69, 9.17) is 4.74 Å². The highest BCUT2D eigenvalue weighted by Crippen LogP contribution is 2.24. The zero-order valence-corrected chi connectivity index (χ0v) is 16.8. The van der Waals surface area contributed by atoms with Crippen LogP contribution < -0.4 is 15.4 Å². The summed E-state index contributed by atoms with van der Waals surface area (Å²) in [5.74, 6) is -0.685. The van der Waals surface area contributed by atoms with Crippen LogP contribution in [-0.4, -0.2) is 56.1 Å². The molecule has 2 N–H and O–H groups in total. The van der Waals surface area contributed by atoms with Gasteiger partial charge < -0.3 is 20.3 Å². The highest BCUT2D eigenvalue weighted by Gasteiger charge is 2.17. The number of methoxy groups -OCH3 is 1. The average molecular weight is 401 g/mol. The minimum Gasteiger partial charge on any atom is -0.496 e. The summed E-state index contributed by atoms with van der Waals surface area (Å²) < 4.78 is 5.14. The third-order valence-electron chi connectivity index (χ3n) is 3.94. The van der Waals surface area contributed by atoms with Gasteiger partial charge in [0.2, 0.25) is 11.8 Å². The van der Waals surface area contributed by atoms with Gasteiger partial charge in [-0.25, -0.2) is 0 Å². The van der Waals surface area contributed by atoms with Crippen LogP contribution in [0.1, 0.15) is 10.4 Å². The number of rotatable bonds is 8. The largest absolute Gasteiger partial charge is 0.496 e. The molecule has 0 bridgehead atoms. The summed E-state index contributed by atoms with van der Waals surface area (Å²) in [5, 5.41) is 5.35. The van der Waals surface area contributed by atoms with Gasteiger partial charge in [0.25, 0.3) is 5.91 Å². The fraction of sp³-hybridized carbons (Fsp3) is 0.250. The van der Waals surface area contributed by atoms with E-state index in [9.17, 15) is 14.4 Å². The van der Waals surface area contributed by atoms with Crippen LogP contribution in [0.2, 0.25) is 0 Å². The van der Waals surface area contributed by atoms with Gasteiger partial charge >= 0.3 is 0 Å². The lowest BCUT2D eigenvalue weighted by Crippen LogP contribution is -2.41. The van der Waals surface area contributed by atoms with E-state index in [1.165, 1.54) is 30.8 Å². The maximum absolute atomic E-state index is 12.2. The number of hydrogen-bond acceptors (Lipinski definition) is 5. The first-order valence-electron chi connectivity index (χ1n) is 8.54. The number of ether oxygens (including phenoxy) is 1. The summed E-state index contributed by atoms with van der Waals surface area (Å²) in [5.41, 5.74) is 1.04. The first-order valence-corrected chi connectivity index (χ1v) is 9.76. The minimum atomic E-state index is -0.419. The van der Waals surface area contributed by atoms with Gasteiger partial charge in [-0.1, -0.05) is 24.3 Å². The van der Waals surface area contributed by atoms with Gasteiger partial charge in [-0.2, -0.15) is 0 Å². The maximum Gasteiger partial charge on any atom is 0.255 e. The zero-order chi connectivity index (χ0) is 20.5. The Balaban J connectivity index is 1.87. The molecule has 0 aliphatic rings. The number of carbonyl (C=O) groups is 3. The number of para-hydroxylation sites is 2. The number of nitrogens with zero attached hydrogens (tertiary/aromatic N) is 1. The molecular formula is C20H23N3O4S. The van der Waals surface area contributed by atoms with E-state index in [1.807, 2.05) is 24.5 Å². The number of carbonyl (C=O) groups excluding carboxylic acids is 3. The predicted octanol–water partition coefficient (Wildman–Crippen LogP) is 2.24. The van der Waals surface area contributed by atoms with Crippen LogP contribution in [0.3, 0.4) is 0 Å². The van der Waals surface area contributed by atoms with E-state index >= 15 is 0 Å². The predicted molar refractivity (Wildman–Crippen MR) is 110 cm³/mol. The number of likely N-dealkylation sites (N-methyl/N-ethyl adjacent to an activating group) is 1. The lowest BCUT2D eigenvalue weighted by molar-refractivity contribution is -0.132. The minimum absolute atomic E-state index is 0.119. The molecule has 0 saturated carbocycles. The molecule has 2 aromatic rings. The molecule has 0 spiro atoms. The first kappa shape index (κ1) is 21.3. The van der Waals surface area contributed by atoms with Gasteiger partial charge in [0.15, 0.2) is 0 Å². The van der Waals surface area contributed by atoms with Crippen LogP contribution in [0.5, 0.6) is 5.75 Å². The van der Waals surface area contributed by atoms with Crippen LogP contribution in [0.15, 0.2) is 53.4 Å². The topological polar surface area (TPSA) is 87.7 Å². The van der Waals surface area contributed by atoms with Gasteiger partial charge in [0, 0.05) is 11.9 Å². The van der Waals surface area contributed by atoms with Crippen LogP contribution in [-0.2, 0) is 9.59 Å². The molecule has 3 amide bonds. The highest BCUT2D eigenvalue weighted by atomic mass is 32.2. The maximum atomic E-state index is 12.2. The average Bonchev–Trinajstić information content (AvgIpc) is 2.71. The van der Waals surface area contributed by atoms with E-state index in [2.05, 4.69) is 10.6 Å². The Hall–Kier alpha value is -3.00. The van der Waals surface area contributed by atoms with Gasteiger partial charge in [-0.15, -0.1) is 11.8 Å². The van der Waals surface area contributed by atoms with Gasteiger partial charge in [0.1, 0.15) is 5.75 Å². The van der Waals surface area contributed by atoms with Crippen molar-refractivity contribution >= 4 is 35.2 Å². The molecule has 0 atom stereocenters. The molecule has 2 rings (SSSR count). The SMILES string of the molecule is COc1ccccc1C(=O)NCC(=O)N(C)CC(=O)Nc1ccccc1SC. The van der Waals surface area contributed by atoms with E-state index in [0.29, 0.717) is 17.0 Å². The summed E-state index contributed by atoms with van der Waals surface area (Å²) >= 11 is 1.52. The Morgan fingerprint density at radius 1 is 1.07 bits per heavy atom. The molecule has 148 valence electrons. The molecule has 0 aromatic heterocycles. The van der Waals surface area contributed by atoms with Crippen molar-refractivity contribution in [2.75, 3.05) is 38.8 Å². The van der Waals surface area contributed by atoms with Crippen molar-refractivity contribution in [2.24, 2.45) is 0 Å². The summed E-state index contributed by atoms with van der Waals surface area (Å²) in [6, 6.07) is 14.2. The molecule has 0 unspecified atom stereocenters. The van der Waals surface area contributed by atoms with Crippen molar-refractivity contribution in [3.8, 4) is 5.75 Å². The standard InChI is InChI=1S/C20H23N3O4S/c1-23(13-18(24)22-15-9-5-7-11-17(15)28-3)19(25)12-21-20(26)14-8-4-6-10-16(14)27-2/h4-11H,12-13H2,1-3H3,(H,21,26)(H,22,24). The van der Waals surface area contributed by atoms with Crippen molar-refractivity contribution in [3.63, 3.8) is 0 Å². The van der Waals surface area contributed by atoms with Crippen molar-refractivity contribution in [2.45, 2.75) is 4.90 Å². The van der Waals surface area contributed by atoms with Crippen LogP contribution in [0.25, 0.3) is 0 Å². The quantitative estimate of drug-likeness (QED) is 0.663. The fourth-order valence-corrected chi connectivity index (χ4v) is 3.01. The van der Waals surface area contributed by atoms with Crippen molar-refractivity contribution in [3.05, 3.63) is 54.1 Å². The first-order chi connectivity index (χ1) is 13.5. The smallest absolute Gasteiger partial charge is 0.255 e. The van der Waals surface area contributed by atoms with E-state index in [0.717, 1.165) is 4.90 Å². The second kappa shape index (κ2) is 10.4. The van der Waals surface area contributed by atoms with Gasteiger partial charge in [-0.05, 0) is 30.5 Å². The normalized spacial score (nSPS) is 10.1. The van der Waals surface area contributed by atoms with Crippen LogP contribution in [0.4, 0.5) is 5.69 Å². The Bertz CT molecular complexity index is 857. The molecule has 0 radical (unpaired) electrons. The number of thioether (sulfide) groups is 1. The summed E-state index contributed by atoms with van der Waals surface area (Å²) in [7, 11) is 2.98. The molecule has 7 nitrogen and oxygen atoms in total. The number of amides is 3. The van der Waals surface area contributed by atoms with E-state index < -0.39 is 5.91 Å². The van der Waals surface area contributed by atoms with Crippen molar-refractivity contribution in [1.29, 1.82) is 0 Å². The second-order valence-electron chi connectivity index (χ2n) is 5.88. The van der Waals surface area contributed by atoms with Crippen molar-refractivity contribution in [1.82, 2.24) is 10.2 Å². The molecule has 8 heteroatoms. The third kappa shape index (κ3) is 5.75. The molecule has 0 aliphatic carbocycles. The molecule has 0 aliphatic heterocycles. The van der Waals surface area contributed by atoms with Gasteiger partial charge in [-0.3, -0.25) is 14.4 Å². The lowest BCUT2D eigenvalue weighted by Gasteiger charge is -2.18. The number of hydrogen-bond donors (Lipinski definition) is 2. The Morgan fingerprint density at radius 3 is 2.46 bits per heavy atom. The van der Waals surface area contributed by atoms with E-state index in [-0.39, 0.29) is 24.9 Å². The number of nitrogens with one attached hydrogen (secondary N) is 2. The fourth-order valence-electron chi connectivity index (χ4n) is 2.46. The lowest BCUT2D eigenvalue weighted by atomic mass is 10.2. The monoisotopic (exact) mass is 401 g/mol. The number of anilines is 1. The molecule has 0 fully saturated rings. The second-order valence-corrected chi connectivity index (χ2v) is 6.73. The molecular weight excluding hydrogens is 378 g/mol. The highest BCUT2D eigenvalue weighted by molar-refractivity contribution is 7.98. The molecule has 0 heterocycles. The van der Waals surface area contributed by atoms with Crippen LogP contribution in [0, 0.1) is 0 Å². The van der Waals surface area contributed by atoms with Crippen LogP contribution >= 0.6 is 11.8 Å². The zero-order valence-electron chi connectivity index (χ0n) is 16.0. The molecule has 28 heavy (non-hydrogen) atoms. The summed E-state index contributed by atoms with van der Waals surface area (Å²) in [4.78, 5) is 38.9. The molecule has 2 aromatic carbocycles. The Labute approximate surface area is 168 Å². The summed E-state index contributed by atoms with van der Waals surface area (Å²) in [6.07, 6.45) is 1.92. The third-order valence-corrected chi connectivity index (χ3v) is 4.74.